The molecule has 1 aliphatic heterocycles. The van der Waals surface area contributed by atoms with E-state index in [1.807, 2.05) is 12.1 Å². The molecule has 0 aliphatic carbocycles. The van der Waals surface area contributed by atoms with Crippen LogP contribution in [0.2, 0.25) is 0 Å². The Morgan fingerprint density at radius 3 is 2.73 bits per heavy atom. The Hall–Kier alpha value is -2.00. The summed E-state index contributed by atoms with van der Waals surface area (Å²) in [6.07, 6.45) is 2.12. The summed E-state index contributed by atoms with van der Waals surface area (Å²) in [5.41, 5.74) is 8.33. The average Bonchev–Trinajstić information content (AvgIpc) is 3.05. The molecule has 0 spiro atoms. The Morgan fingerprint density at radius 1 is 1.09 bits per heavy atom. The molecule has 116 valence electrons. The lowest BCUT2D eigenvalue weighted by Crippen LogP contribution is -2.22. The Bertz CT molecular complexity index is 585. The number of hydrogen-bond donors (Lipinski definition) is 1. The highest BCUT2D eigenvalue weighted by atomic mass is 16.5. The van der Waals surface area contributed by atoms with Gasteiger partial charge in [0.25, 0.3) is 0 Å². The third-order valence-corrected chi connectivity index (χ3v) is 4.30. The predicted molar refractivity (Wildman–Crippen MR) is 91.5 cm³/mol. The summed E-state index contributed by atoms with van der Waals surface area (Å²) in [6.45, 7) is 3.64. The molecule has 22 heavy (non-hydrogen) atoms. The number of anilines is 1. The fourth-order valence-electron chi connectivity index (χ4n) is 2.96. The zero-order chi connectivity index (χ0) is 15.2. The Morgan fingerprint density at radius 2 is 1.95 bits per heavy atom. The lowest BCUT2D eigenvalue weighted by Gasteiger charge is -2.19. The fourth-order valence-corrected chi connectivity index (χ4v) is 2.96. The van der Waals surface area contributed by atoms with E-state index in [9.17, 15) is 0 Å². The predicted octanol–water partition coefficient (Wildman–Crippen LogP) is 3.09. The van der Waals surface area contributed by atoms with Gasteiger partial charge >= 0.3 is 0 Å². The molecule has 2 aromatic carbocycles. The van der Waals surface area contributed by atoms with Crippen molar-refractivity contribution >= 4 is 5.69 Å². The monoisotopic (exact) mass is 296 g/mol. The Kier molecular flexibility index (Phi) is 4.96. The van der Waals surface area contributed by atoms with Crippen molar-refractivity contribution in [1.29, 1.82) is 0 Å². The first-order chi connectivity index (χ1) is 10.8. The molecule has 1 atom stereocenters. The molecule has 3 rings (SSSR count). The second-order valence-corrected chi connectivity index (χ2v) is 5.92. The molecular formula is C19H24N2O. The van der Waals surface area contributed by atoms with Gasteiger partial charge in [-0.15, -0.1) is 0 Å². The van der Waals surface area contributed by atoms with Gasteiger partial charge in [-0.25, -0.2) is 0 Å². The Labute approximate surface area is 132 Å². The van der Waals surface area contributed by atoms with E-state index in [4.69, 9.17) is 10.5 Å². The normalized spacial score (nSPS) is 17.7. The van der Waals surface area contributed by atoms with Crippen LogP contribution in [0.15, 0.2) is 54.6 Å². The zero-order valence-corrected chi connectivity index (χ0v) is 12.9. The van der Waals surface area contributed by atoms with Gasteiger partial charge in [0, 0.05) is 31.3 Å². The third kappa shape index (κ3) is 3.80. The van der Waals surface area contributed by atoms with Crippen LogP contribution in [-0.4, -0.2) is 26.2 Å². The SMILES string of the molecule is NCC1CCN(c2cccc(OCCc3ccccc3)c2)C1. The van der Waals surface area contributed by atoms with Crippen LogP contribution in [0, 0.1) is 5.92 Å². The van der Waals surface area contributed by atoms with Gasteiger partial charge in [0.2, 0.25) is 0 Å². The largest absolute Gasteiger partial charge is 0.493 e. The second kappa shape index (κ2) is 7.32. The van der Waals surface area contributed by atoms with E-state index >= 15 is 0 Å². The second-order valence-electron chi connectivity index (χ2n) is 5.92. The van der Waals surface area contributed by atoms with E-state index < -0.39 is 0 Å². The fraction of sp³-hybridized carbons (Fsp3) is 0.368. The van der Waals surface area contributed by atoms with Gasteiger partial charge in [-0.2, -0.15) is 0 Å². The van der Waals surface area contributed by atoms with Crippen LogP contribution in [0.5, 0.6) is 5.75 Å². The molecule has 2 aromatic rings. The van der Waals surface area contributed by atoms with Crippen molar-refractivity contribution in [3.05, 3.63) is 60.2 Å². The maximum absolute atomic E-state index is 5.91. The lowest BCUT2D eigenvalue weighted by molar-refractivity contribution is 0.322. The van der Waals surface area contributed by atoms with Gasteiger partial charge in [-0.05, 0) is 36.6 Å². The van der Waals surface area contributed by atoms with Crippen molar-refractivity contribution in [2.45, 2.75) is 12.8 Å². The summed E-state index contributed by atoms with van der Waals surface area (Å²) in [7, 11) is 0. The molecule has 0 bridgehead atoms. The van der Waals surface area contributed by atoms with Crippen molar-refractivity contribution < 1.29 is 4.74 Å². The quantitative estimate of drug-likeness (QED) is 0.890. The van der Waals surface area contributed by atoms with E-state index in [1.165, 1.54) is 17.7 Å². The van der Waals surface area contributed by atoms with Crippen molar-refractivity contribution in [3.63, 3.8) is 0 Å². The number of hydrogen-bond acceptors (Lipinski definition) is 3. The standard InChI is InChI=1S/C19H24N2O/c20-14-17-9-11-21(15-17)18-7-4-8-19(13-18)22-12-10-16-5-2-1-3-6-16/h1-8,13,17H,9-12,14-15,20H2. The van der Waals surface area contributed by atoms with Crippen molar-refractivity contribution in [3.8, 4) is 5.75 Å². The molecular weight excluding hydrogens is 272 g/mol. The van der Waals surface area contributed by atoms with Crippen molar-refractivity contribution in [2.75, 3.05) is 31.1 Å². The summed E-state index contributed by atoms with van der Waals surface area (Å²) in [5, 5.41) is 0. The van der Waals surface area contributed by atoms with Gasteiger partial charge < -0.3 is 15.4 Å². The first-order valence-electron chi connectivity index (χ1n) is 8.07. The van der Waals surface area contributed by atoms with Crippen LogP contribution < -0.4 is 15.4 Å². The first-order valence-corrected chi connectivity index (χ1v) is 8.07. The number of nitrogens with zero attached hydrogens (tertiary/aromatic N) is 1. The Balaban J connectivity index is 1.55. The van der Waals surface area contributed by atoms with Gasteiger partial charge in [0.15, 0.2) is 0 Å². The molecule has 1 aliphatic rings. The van der Waals surface area contributed by atoms with Crippen LogP contribution in [-0.2, 0) is 6.42 Å². The zero-order valence-electron chi connectivity index (χ0n) is 12.9. The highest BCUT2D eigenvalue weighted by Crippen LogP contribution is 2.26. The van der Waals surface area contributed by atoms with E-state index in [0.29, 0.717) is 12.5 Å². The number of benzene rings is 2. The molecule has 3 heteroatoms. The molecule has 1 unspecified atom stereocenters. The highest BCUT2D eigenvalue weighted by Gasteiger charge is 2.21. The maximum atomic E-state index is 5.91. The molecule has 3 nitrogen and oxygen atoms in total. The molecule has 1 fully saturated rings. The minimum atomic E-state index is 0.627. The number of rotatable bonds is 6. The van der Waals surface area contributed by atoms with Crippen molar-refractivity contribution in [1.82, 2.24) is 0 Å². The van der Waals surface area contributed by atoms with Crippen LogP contribution in [0.1, 0.15) is 12.0 Å². The molecule has 0 amide bonds. The maximum Gasteiger partial charge on any atom is 0.121 e. The molecule has 1 saturated heterocycles. The lowest BCUT2D eigenvalue weighted by atomic mass is 10.1. The summed E-state index contributed by atoms with van der Waals surface area (Å²) in [5.74, 6) is 1.58. The smallest absolute Gasteiger partial charge is 0.121 e. The van der Waals surface area contributed by atoms with Crippen molar-refractivity contribution in [2.24, 2.45) is 11.7 Å². The van der Waals surface area contributed by atoms with Crippen LogP contribution in [0.25, 0.3) is 0 Å². The van der Waals surface area contributed by atoms with Gasteiger partial charge in [0.05, 0.1) is 6.61 Å². The summed E-state index contributed by atoms with van der Waals surface area (Å²) < 4.78 is 5.91. The third-order valence-electron chi connectivity index (χ3n) is 4.30. The summed E-state index contributed by atoms with van der Waals surface area (Å²) >= 11 is 0. The summed E-state index contributed by atoms with van der Waals surface area (Å²) in [6, 6.07) is 18.8. The average molecular weight is 296 g/mol. The topological polar surface area (TPSA) is 38.5 Å². The number of ether oxygens (including phenoxy) is 1. The van der Waals surface area contributed by atoms with E-state index in [0.717, 1.165) is 31.8 Å². The van der Waals surface area contributed by atoms with Crippen LogP contribution in [0.4, 0.5) is 5.69 Å². The van der Waals surface area contributed by atoms with E-state index in [1.54, 1.807) is 0 Å². The van der Waals surface area contributed by atoms with E-state index in [2.05, 4.69) is 47.4 Å². The summed E-state index contributed by atoms with van der Waals surface area (Å²) in [4.78, 5) is 2.40. The minimum absolute atomic E-state index is 0.627. The van der Waals surface area contributed by atoms with Gasteiger partial charge in [-0.1, -0.05) is 36.4 Å². The number of nitrogens with two attached hydrogens (primary N) is 1. The van der Waals surface area contributed by atoms with Gasteiger partial charge in [-0.3, -0.25) is 0 Å². The van der Waals surface area contributed by atoms with E-state index in [-0.39, 0.29) is 0 Å². The molecule has 1 heterocycles. The first kappa shape index (κ1) is 14.9. The molecule has 2 N–H and O–H groups in total. The van der Waals surface area contributed by atoms with Gasteiger partial charge in [0.1, 0.15) is 5.75 Å². The minimum Gasteiger partial charge on any atom is -0.493 e. The van der Waals surface area contributed by atoms with Crippen LogP contribution >= 0.6 is 0 Å². The highest BCUT2D eigenvalue weighted by molar-refractivity contribution is 5.51. The molecule has 0 saturated carbocycles. The molecule has 0 radical (unpaired) electrons. The van der Waals surface area contributed by atoms with Crippen LogP contribution in [0.3, 0.4) is 0 Å². The molecule has 0 aromatic heterocycles.